The number of nitrogens with zero attached hydrogens (tertiary/aromatic N) is 1. The number of aromatic amines is 1. The molecule has 9 nitrogen and oxygen atoms in total. The number of fused-ring (bicyclic) bond motifs is 3. The van der Waals surface area contributed by atoms with Gasteiger partial charge in [-0.2, -0.15) is 0 Å². The lowest BCUT2D eigenvalue weighted by molar-refractivity contribution is -0.122. The number of halogens is 1. The van der Waals surface area contributed by atoms with Crippen LogP contribution in [-0.2, 0) is 14.3 Å². The fraction of sp³-hybridized carbons (Fsp3) is 0.222. The van der Waals surface area contributed by atoms with Crippen molar-refractivity contribution in [2.24, 2.45) is 0 Å². The Bertz CT molecular complexity index is 1470. The number of carbonyl (C=O) groups excluding carboxylic acids is 2. The smallest absolute Gasteiger partial charge is 0.252 e. The summed E-state index contributed by atoms with van der Waals surface area (Å²) in [5.74, 6) is 0.613. The fourth-order valence-corrected chi connectivity index (χ4v) is 4.38. The molecule has 4 aromatic rings. The Morgan fingerprint density at radius 1 is 1.08 bits per heavy atom. The van der Waals surface area contributed by atoms with E-state index in [-0.39, 0.29) is 23.3 Å². The molecule has 3 heterocycles. The summed E-state index contributed by atoms with van der Waals surface area (Å²) in [5.41, 5.74) is 1.15. The van der Waals surface area contributed by atoms with Crippen LogP contribution < -0.4 is 15.4 Å². The number of nitrogens with one attached hydrogen (secondary N) is 3. The number of ether oxygens (including phenoxy) is 3. The molecule has 0 radical (unpaired) electrons. The van der Waals surface area contributed by atoms with Crippen LogP contribution in [0.2, 0.25) is 5.02 Å². The third kappa shape index (κ3) is 4.89. The van der Waals surface area contributed by atoms with E-state index >= 15 is 0 Å². The summed E-state index contributed by atoms with van der Waals surface area (Å²) in [6.45, 7) is 2.60. The van der Waals surface area contributed by atoms with Gasteiger partial charge in [-0.3, -0.25) is 9.59 Å². The molecule has 0 saturated heterocycles. The molecule has 1 atom stereocenters. The van der Waals surface area contributed by atoms with Crippen molar-refractivity contribution in [2.75, 3.05) is 37.6 Å². The normalized spacial score (nSPS) is 16.7. The average Bonchev–Trinajstić information content (AvgIpc) is 3.33. The summed E-state index contributed by atoms with van der Waals surface area (Å²) in [5, 5.41) is 6.96. The Kier molecular flexibility index (Phi) is 6.84. The first-order valence-corrected chi connectivity index (χ1v) is 12.0. The number of carbonyl (C=O) groups is 2. The average molecular weight is 521 g/mol. The van der Waals surface area contributed by atoms with Crippen LogP contribution in [-0.4, -0.2) is 54.1 Å². The second-order valence-electron chi connectivity index (χ2n) is 8.82. The number of pyridine rings is 1. The third-order valence-electron chi connectivity index (χ3n) is 6.08. The van der Waals surface area contributed by atoms with Gasteiger partial charge < -0.3 is 29.8 Å². The predicted molar refractivity (Wildman–Crippen MR) is 141 cm³/mol. The topological polar surface area (TPSA) is 115 Å². The third-order valence-corrected chi connectivity index (χ3v) is 6.40. The molecule has 0 bridgehead atoms. The van der Waals surface area contributed by atoms with Crippen molar-refractivity contribution >= 4 is 45.7 Å². The minimum Gasteiger partial charge on any atom is -0.457 e. The van der Waals surface area contributed by atoms with Gasteiger partial charge in [0.1, 0.15) is 22.7 Å². The van der Waals surface area contributed by atoms with Crippen molar-refractivity contribution in [2.45, 2.75) is 12.5 Å². The van der Waals surface area contributed by atoms with E-state index in [2.05, 4.69) is 20.6 Å². The molecule has 3 N–H and O–H groups in total. The Balaban J connectivity index is 1.46. The zero-order chi connectivity index (χ0) is 26.0. The number of H-pyrrole nitrogens is 1. The number of aromatic nitrogens is 2. The quantitative estimate of drug-likeness (QED) is 0.209. The molecular weight excluding hydrogens is 496 g/mol. The van der Waals surface area contributed by atoms with Crippen LogP contribution in [0.1, 0.15) is 22.8 Å². The first kappa shape index (κ1) is 24.8. The summed E-state index contributed by atoms with van der Waals surface area (Å²) in [4.78, 5) is 33.9. The highest BCUT2D eigenvalue weighted by molar-refractivity contribution is 6.36. The van der Waals surface area contributed by atoms with Crippen molar-refractivity contribution in [3.05, 3.63) is 77.1 Å². The van der Waals surface area contributed by atoms with Crippen LogP contribution in [0.25, 0.3) is 11.0 Å². The molecule has 2 aromatic carbocycles. The van der Waals surface area contributed by atoms with E-state index in [4.69, 9.17) is 25.8 Å². The van der Waals surface area contributed by atoms with Gasteiger partial charge in [-0.05, 0) is 31.2 Å². The Morgan fingerprint density at radius 2 is 1.89 bits per heavy atom. The van der Waals surface area contributed by atoms with Crippen molar-refractivity contribution < 1.29 is 23.8 Å². The first-order valence-electron chi connectivity index (χ1n) is 11.6. The van der Waals surface area contributed by atoms with E-state index in [0.717, 1.165) is 0 Å². The number of amides is 1. The molecule has 0 saturated carbocycles. The minimum atomic E-state index is -1.07. The van der Waals surface area contributed by atoms with Gasteiger partial charge in [-0.25, -0.2) is 4.98 Å². The van der Waals surface area contributed by atoms with Crippen LogP contribution in [0.5, 0.6) is 11.5 Å². The zero-order valence-corrected chi connectivity index (χ0v) is 21.0. The highest BCUT2D eigenvalue weighted by Gasteiger charge is 2.39. The largest absolute Gasteiger partial charge is 0.457 e. The van der Waals surface area contributed by atoms with Gasteiger partial charge >= 0.3 is 0 Å². The van der Waals surface area contributed by atoms with E-state index in [1.54, 1.807) is 44.6 Å². The van der Waals surface area contributed by atoms with Gasteiger partial charge in [0.05, 0.1) is 53.4 Å². The van der Waals surface area contributed by atoms with E-state index in [0.29, 0.717) is 58.2 Å². The van der Waals surface area contributed by atoms with E-state index in [9.17, 15) is 9.59 Å². The van der Waals surface area contributed by atoms with Crippen LogP contribution in [0.4, 0.5) is 11.4 Å². The molecule has 1 aliphatic heterocycles. The molecule has 1 amide bonds. The van der Waals surface area contributed by atoms with Gasteiger partial charge in [0.25, 0.3) is 5.91 Å². The second-order valence-corrected chi connectivity index (χ2v) is 9.22. The fourth-order valence-electron chi connectivity index (χ4n) is 4.13. The lowest BCUT2D eigenvalue weighted by Gasteiger charge is -2.35. The minimum absolute atomic E-state index is 0.105. The summed E-state index contributed by atoms with van der Waals surface area (Å²) in [7, 11) is 1.58. The number of hydrogen-bond donors (Lipinski definition) is 3. The molecule has 0 fully saturated rings. The SMILES string of the molecule is COCCOC[C@@]1(C)Nc2c(cnc3[nH]cc(C(=O)c4ccc(Oc5ccccc5)cc4Cl)c23)NC1=O. The number of anilines is 2. The summed E-state index contributed by atoms with van der Waals surface area (Å²) >= 11 is 6.52. The molecule has 1 aliphatic rings. The van der Waals surface area contributed by atoms with Gasteiger partial charge in [0.2, 0.25) is 0 Å². The van der Waals surface area contributed by atoms with E-state index in [1.165, 1.54) is 0 Å². The summed E-state index contributed by atoms with van der Waals surface area (Å²) in [6.07, 6.45) is 3.14. The number of hydrogen-bond acceptors (Lipinski definition) is 7. The number of ketones is 1. The molecule has 0 spiro atoms. The molecule has 0 unspecified atom stereocenters. The zero-order valence-electron chi connectivity index (χ0n) is 20.3. The summed E-state index contributed by atoms with van der Waals surface area (Å²) in [6, 6.07) is 14.2. The molecule has 5 rings (SSSR count). The van der Waals surface area contributed by atoms with Crippen molar-refractivity contribution in [1.29, 1.82) is 0 Å². The first-order chi connectivity index (χ1) is 17.9. The number of methoxy groups -OCH3 is 1. The Morgan fingerprint density at radius 3 is 2.65 bits per heavy atom. The lowest BCUT2D eigenvalue weighted by atomic mass is 9.96. The second kappa shape index (κ2) is 10.2. The Labute approximate surface area is 218 Å². The standard InChI is InChI=1S/C27H25ClN4O5/c1-27(15-36-11-10-35-2)26(34)31-21-14-30-25-22(23(21)32-27)19(13-29-25)24(33)18-9-8-17(12-20(18)28)37-16-6-4-3-5-7-16/h3-9,12-14,32H,10-11,15H2,1-2H3,(H,29,30)(H,31,34)/t27-/m1/s1. The van der Waals surface area contributed by atoms with Crippen LogP contribution in [0.15, 0.2) is 60.9 Å². The van der Waals surface area contributed by atoms with Crippen molar-refractivity contribution in [1.82, 2.24) is 9.97 Å². The molecule has 10 heteroatoms. The lowest BCUT2D eigenvalue weighted by Crippen LogP contribution is -2.53. The van der Waals surface area contributed by atoms with Crippen LogP contribution in [0, 0.1) is 0 Å². The highest BCUT2D eigenvalue weighted by atomic mass is 35.5. The monoisotopic (exact) mass is 520 g/mol. The highest BCUT2D eigenvalue weighted by Crippen LogP contribution is 2.39. The maximum absolute atomic E-state index is 13.6. The summed E-state index contributed by atoms with van der Waals surface area (Å²) < 4.78 is 16.5. The van der Waals surface area contributed by atoms with Gasteiger partial charge in [0, 0.05) is 24.9 Å². The number of benzene rings is 2. The number of para-hydroxylation sites is 1. The molecule has 190 valence electrons. The van der Waals surface area contributed by atoms with Gasteiger partial charge in [0.15, 0.2) is 5.78 Å². The number of rotatable bonds is 9. The maximum Gasteiger partial charge on any atom is 0.252 e. The molecule has 2 aromatic heterocycles. The molecular formula is C27H25ClN4O5. The molecule has 37 heavy (non-hydrogen) atoms. The van der Waals surface area contributed by atoms with Gasteiger partial charge in [-0.1, -0.05) is 29.8 Å². The predicted octanol–water partition coefficient (Wildman–Crippen LogP) is 5.03. The van der Waals surface area contributed by atoms with E-state index in [1.807, 2.05) is 30.3 Å². The van der Waals surface area contributed by atoms with Crippen LogP contribution >= 0.6 is 11.6 Å². The van der Waals surface area contributed by atoms with Crippen molar-refractivity contribution in [3.63, 3.8) is 0 Å². The van der Waals surface area contributed by atoms with Crippen LogP contribution in [0.3, 0.4) is 0 Å². The van der Waals surface area contributed by atoms with E-state index < -0.39 is 5.54 Å². The van der Waals surface area contributed by atoms with Crippen molar-refractivity contribution in [3.8, 4) is 11.5 Å². The van der Waals surface area contributed by atoms with Gasteiger partial charge in [-0.15, -0.1) is 0 Å². The Hall–Kier alpha value is -3.92. The maximum atomic E-state index is 13.6. The molecule has 0 aliphatic carbocycles.